The number of carbonyl (C=O) groups is 1. The van der Waals surface area contributed by atoms with E-state index >= 15 is 0 Å². The highest BCUT2D eigenvalue weighted by Gasteiger charge is 2.45. The molecule has 0 amide bonds. The van der Waals surface area contributed by atoms with Crippen molar-refractivity contribution in [1.29, 1.82) is 0 Å². The molecular formula is C20H23NO5S. The minimum absolute atomic E-state index is 0.156. The molecule has 1 aliphatic heterocycles. The Balaban J connectivity index is 1.75. The lowest BCUT2D eigenvalue weighted by atomic mass is 10.2. The number of benzene rings is 2. The molecule has 7 heteroatoms. The zero-order chi connectivity index (χ0) is 19.3. The molecule has 1 saturated heterocycles. The molecule has 1 fully saturated rings. The maximum atomic E-state index is 13.1. The largest absolute Gasteiger partial charge is 0.468 e. The molecule has 0 radical (unpaired) electrons. The molecular weight excluding hydrogens is 366 g/mol. The van der Waals surface area contributed by atoms with E-state index in [0.29, 0.717) is 6.61 Å². The van der Waals surface area contributed by atoms with Crippen molar-refractivity contribution in [1.82, 2.24) is 5.32 Å². The fourth-order valence-electron chi connectivity index (χ4n) is 3.30. The van der Waals surface area contributed by atoms with Crippen LogP contribution in [0.5, 0.6) is 0 Å². The zero-order valence-corrected chi connectivity index (χ0v) is 15.9. The Hall–Kier alpha value is -2.22. The van der Waals surface area contributed by atoms with Gasteiger partial charge in [-0.05, 0) is 24.1 Å². The molecule has 2 aromatic carbocycles. The molecule has 0 aliphatic carbocycles. The predicted octanol–water partition coefficient (Wildman–Crippen LogP) is 1.95. The average molecular weight is 389 g/mol. The summed E-state index contributed by atoms with van der Waals surface area (Å²) >= 11 is 0. The first-order chi connectivity index (χ1) is 13.0. The molecule has 1 aliphatic rings. The molecule has 3 atom stereocenters. The van der Waals surface area contributed by atoms with Crippen LogP contribution in [-0.4, -0.2) is 45.4 Å². The van der Waals surface area contributed by atoms with E-state index in [9.17, 15) is 13.2 Å². The van der Waals surface area contributed by atoms with Crippen LogP contribution in [0.25, 0.3) is 0 Å². The Morgan fingerprint density at radius 3 is 2.33 bits per heavy atom. The maximum absolute atomic E-state index is 13.1. The number of hydrogen-bond acceptors (Lipinski definition) is 6. The number of hydrogen-bond donors (Lipinski definition) is 1. The Kier molecular flexibility index (Phi) is 6.26. The highest BCUT2D eigenvalue weighted by molar-refractivity contribution is 7.92. The monoisotopic (exact) mass is 389 g/mol. The summed E-state index contributed by atoms with van der Waals surface area (Å²) in [5.74, 6) is -0.464. The SMILES string of the molecule is COC(=O)[C@H]1C[C@H](S(=O)(=O)c2ccccc2)[C@@H](COCc2ccccc2)N1. The first-order valence-electron chi connectivity index (χ1n) is 8.77. The fraction of sp³-hybridized carbons (Fsp3) is 0.350. The summed E-state index contributed by atoms with van der Waals surface area (Å²) in [6.07, 6.45) is 0.156. The normalized spacial score (nSPS) is 22.5. The topological polar surface area (TPSA) is 81.7 Å². The van der Waals surface area contributed by atoms with Gasteiger partial charge in [-0.1, -0.05) is 48.5 Å². The highest BCUT2D eigenvalue weighted by atomic mass is 32.2. The van der Waals surface area contributed by atoms with E-state index in [0.717, 1.165) is 5.56 Å². The minimum Gasteiger partial charge on any atom is -0.468 e. The zero-order valence-electron chi connectivity index (χ0n) is 15.1. The molecule has 1 N–H and O–H groups in total. The van der Waals surface area contributed by atoms with E-state index in [4.69, 9.17) is 9.47 Å². The number of esters is 1. The standard InChI is InChI=1S/C20H23NO5S/c1-25-20(22)17-12-19(27(23,24)16-10-6-3-7-11-16)18(21-17)14-26-13-15-8-4-2-5-9-15/h2-11,17-19,21H,12-14H2,1H3/t17-,18-,19+/m1/s1. The molecule has 0 unspecified atom stereocenters. The van der Waals surface area contributed by atoms with Crippen LogP contribution < -0.4 is 5.32 Å². The van der Waals surface area contributed by atoms with E-state index in [-0.39, 0.29) is 17.9 Å². The third kappa shape index (κ3) is 4.55. The van der Waals surface area contributed by atoms with Crippen LogP contribution in [0.2, 0.25) is 0 Å². The van der Waals surface area contributed by atoms with Crippen LogP contribution in [0.15, 0.2) is 65.6 Å². The number of carbonyl (C=O) groups excluding carboxylic acids is 1. The van der Waals surface area contributed by atoms with Crippen LogP contribution in [0.3, 0.4) is 0 Å². The molecule has 0 aromatic heterocycles. The molecule has 0 spiro atoms. The third-order valence-corrected chi connectivity index (χ3v) is 6.94. The van der Waals surface area contributed by atoms with Crippen molar-refractivity contribution < 1.29 is 22.7 Å². The summed E-state index contributed by atoms with van der Waals surface area (Å²) in [4.78, 5) is 12.2. The maximum Gasteiger partial charge on any atom is 0.322 e. The second kappa shape index (κ2) is 8.65. The van der Waals surface area contributed by atoms with Crippen LogP contribution in [-0.2, 0) is 30.7 Å². The van der Waals surface area contributed by atoms with Gasteiger partial charge in [-0.2, -0.15) is 0 Å². The van der Waals surface area contributed by atoms with E-state index in [1.165, 1.54) is 7.11 Å². The van der Waals surface area contributed by atoms with Gasteiger partial charge in [0.2, 0.25) is 0 Å². The smallest absolute Gasteiger partial charge is 0.322 e. The van der Waals surface area contributed by atoms with Gasteiger partial charge in [-0.3, -0.25) is 10.1 Å². The summed E-state index contributed by atoms with van der Waals surface area (Å²) in [5, 5.41) is 2.31. The number of ether oxygens (including phenoxy) is 2. The van der Waals surface area contributed by atoms with E-state index in [1.54, 1.807) is 30.3 Å². The van der Waals surface area contributed by atoms with Crippen molar-refractivity contribution in [2.24, 2.45) is 0 Å². The molecule has 0 saturated carbocycles. The Morgan fingerprint density at radius 1 is 1.07 bits per heavy atom. The molecule has 0 bridgehead atoms. The van der Waals surface area contributed by atoms with Crippen LogP contribution >= 0.6 is 0 Å². The summed E-state index contributed by atoms with van der Waals surface area (Å²) in [7, 11) is -2.31. The first kappa shape index (κ1) is 19.5. The number of sulfone groups is 1. The summed E-state index contributed by atoms with van der Waals surface area (Å²) in [6.45, 7) is 0.555. The predicted molar refractivity (Wildman–Crippen MR) is 101 cm³/mol. The van der Waals surface area contributed by atoms with E-state index < -0.39 is 33.1 Å². The van der Waals surface area contributed by atoms with Gasteiger partial charge >= 0.3 is 5.97 Å². The van der Waals surface area contributed by atoms with E-state index in [2.05, 4.69) is 5.32 Å². The molecule has 6 nitrogen and oxygen atoms in total. The molecule has 144 valence electrons. The Bertz CT molecular complexity index is 854. The van der Waals surface area contributed by atoms with Gasteiger partial charge in [0.15, 0.2) is 9.84 Å². The van der Waals surface area contributed by atoms with Crippen molar-refractivity contribution in [2.45, 2.75) is 35.3 Å². The van der Waals surface area contributed by atoms with Gasteiger partial charge in [-0.15, -0.1) is 0 Å². The number of rotatable bonds is 7. The van der Waals surface area contributed by atoms with Crippen LogP contribution in [0.4, 0.5) is 0 Å². The molecule has 2 aromatic rings. The van der Waals surface area contributed by atoms with Crippen molar-refractivity contribution in [3.05, 3.63) is 66.2 Å². The first-order valence-corrected chi connectivity index (χ1v) is 10.3. The highest BCUT2D eigenvalue weighted by Crippen LogP contribution is 2.27. The summed E-state index contributed by atoms with van der Waals surface area (Å²) in [5.41, 5.74) is 1.00. The van der Waals surface area contributed by atoms with Gasteiger partial charge in [-0.25, -0.2) is 8.42 Å². The lowest BCUT2D eigenvalue weighted by Crippen LogP contribution is -2.42. The lowest BCUT2D eigenvalue weighted by Gasteiger charge is -2.20. The minimum atomic E-state index is -3.61. The fourth-order valence-corrected chi connectivity index (χ4v) is 5.22. The number of nitrogens with one attached hydrogen (secondary N) is 1. The molecule has 1 heterocycles. The number of methoxy groups -OCH3 is 1. The van der Waals surface area contributed by atoms with E-state index in [1.807, 2.05) is 30.3 Å². The van der Waals surface area contributed by atoms with Gasteiger partial charge in [0, 0.05) is 6.04 Å². The van der Waals surface area contributed by atoms with Crippen molar-refractivity contribution in [3.8, 4) is 0 Å². The lowest BCUT2D eigenvalue weighted by molar-refractivity contribution is -0.142. The average Bonchev–Trinajstić information content (AvgIpc) is 3.14. The second-order valence-electron chi connectivity index (χ2n) is 6.48. The second-order valence-corrected chi connectivity index (χ2v) is 8.65. The van der Waals surface area contributed by atoms with Crippen molar-refractivity contribution in [3.63, 3.8) is 0 Å². The molecule has 27 heavy (non-hydrogen) atoms. The van der Waals surface area contributed by atoms with Gasteiger partial charge in [0.1, 0.15) is 6.04 Å². The summed E-state index contributed by atoms with van der Waals surface area (Å²) < 4.78 is 36.7. The molecule has 3 rings (SSSR count). The van der Waals surface area contributed by atoms with Crippen molar-refractivity contribution >= 4 is 15.8 Å². The van der Waals surface area contributed by atoms with Gasteiger partial charge in [0.05, 0.1) is 30.5 Å². The van der Waals surface area contributed by atoms with Crippen LogP contribution in [0.1, 0.15) is 12.0 Å². The quantitative estimate of drug-likeness (QED) is 0.729. The van der Waals surface area contributed by atoms with Gasteiger partial charge in [0.25, 0.3) is 0 Å². The summed E-state index contributed by atoms with van der Waals surface area (Å²) in [6, 6.07) is 16.8. The van der Waals surface area contributed by atoms with Crippen LogP contribution in [0, 0.1) is 0 Å². The third-order valence-electron chi connectivity index (χ3n) is 4.70. The van der Waals surface area contributed by atoms with Crippen molar-refractivity contribution in [2.75, 3.05) is 13.7 Å². The Labute approximate surface area is 159 Å². The van der Waals surface area contributed by atoms with Gasteiger partial charge < -0.3 is 9.47 Å². The Morgan fingerprint density at radius 2 is 1.70 bits per heavy atom.